The lowest BCUT2D eigenvalue weighted by atomic mass is 9.99. The number of hydrogen-bond donors (Lipinski definition) is 5. The topological polar surface area (TPSA) is 132 Å². The van der Waals surface area contributed by atoms with Crippen LogP contribution >= 0.6 is 11.3 Å². The molecule has 2 amide bonds. The molecule has 1 saturated heterocycles. The van der Waals surface area contributed by atoms with E-state index < -0.39 is 18.2 Å². The number of hydrogen-bond acceptors (Lipinski definition) is 6. The molecule has 2 atom stereocenters. The average Bonchev–Trinajstić information content (AvgIpc) is 3.61. The Morgan fingerprint density at radius 1 is 1.16 bits per heavy atom. The molecule has 1 unspecified atom stereocenters. The van der Waals surface area contributed by atoms with Crippen LogP contribution in [0.5, 0.6) is 0 Å². The highest BCUT2D eigenvalue weighted by Crippen LogP contribution is 2.35. The summed E-state index contributed by atoms with van der Waals surface area (Å²) in [5, 5.41) is 25.2. The molecule has 0 radical (unpaired) electrons. The van der Waals surface area contributed by atoms with Crippen molar-refractivity contribution in [2.75, 3.05) is 13.1 Å². The maximum atomic E-state index is 14.8. The molecular weight excluding hydrogens is 512 g/mol. The molecular formula is C27H29F2N5O3S. The van der Waals surface area contributed by atoms with Gasteiger partial charge in [0.1, 0.15) is 18.1 Å². The van der Waals surface area contributed by atoms with Gasteiger partial charge in [0.15, 0.2) is 0 Å². The number of alkyl halides is 2. The Morgan fingerprint density at radius 2 is 1.84 bits per heavy atom. The summed E-state index contributed by atoms with van der Waals surface area (Å²) < 4.78 is 29.5. The highest BCUT2D eigenvalue weighted by molar-refractivity contribution is 7.10. The fraction of sp³-hybridized carbons (Fsp3) is 0.296. The first-order valence-electron chi connectivity index (χ1n) is 12.1. The molecule has 0 saturated carbocycles. The second kappa shape index (κ2) is 11.8. The lowest BCUT2D eigenvalue weighted by Gasteiger charge is -2.25. The number of carbonyl (C=O) groups is 2. The van der Waals surface area contributed by atoms with Crippen LogP contribution in [-0.2, 0) is 22.1 Å². The lowest BCUT2D eigenvalue weighted by molar-refractivity contribution is -0.138. The number of aliphatic hydroxyl groups excluding tert-OH is 1. The SMILES string of the molecule is N=C(N)c1csc(CNC(=O)[C@@H]2CCCN2C(=O)CNC(O)c2ccc(C(F)(F)c3ccccc3)cc2)c1. The van der Waals surface area contributed by atoms with E-state index in [0.29, 0.717) is 30.5 Å². The summed E-state index contributed by atoms with van der Waals surface area (Å²) in [5.74, 6) is -3.84. The third-order valence-electron chi connectivity index (χ3n) is 6.45. The number of rotatable bonds is 10. The molecule has 1 aliphatic heterocycles. The maximum absolute atomic E-state index is 14.8. The van der Waals surface area contributed by atoms with Crippen LogP contribution in [0.1, 0.15) is 46.2 Å². The van der Waals surface area contributed by atoms with Crippen molar-refractivity contribution in [1.82, 2.24) is 15.5 Å². The predicted octanol–water partition coefficient (Wildman–Crippen LogP) is 3.06. The molecule has 3 aromatic rings. The van der Waals surface area contributed by atoms with Crippen LogP contribution in [0.25, 0.3) is 0 Å². The van der Waals surface area contributed by atoms with Gasteiger partial charge in [0.25, 0.3) is 5.92 Å². The smallest absolute Gasteiger partial charge is 0.298 e. The van der Waals surface area contributed by atoms with Crippen LogP contribution < -0.4 is 16.4 Å². The van der Waals surface area contributed by atoms with Gasteiger partial charge in [0.2, 0.25) is 11.8 Å². The van der Waals surface area contributed by atoms with Gasteiger partial charge in [-0.25, -0.2) is 0 Å². The standard InChI is InChI=1S/C27H29F2N5O3S/c28-27(29,19-5-2-1-3-6-19)20-10-8-17(9-11-20)25(36)33-15-23(35)34-12-4-7-22(34)26(37)32-14-21-13-18(16-38-21)24(30)31/h1-3,5-6,8-11,13,16,22,25,33,36H,4,7,12,14-15H2,(H3,30,31)(H,32,37)/t22-,25?/m0/s1. The number of likely N-dealkylation sites (tertiary alicyclic amines) is 1. The third-order valence-corrected chi connectivity index (χ3v) is 7.39. The Kier molecular flexibility index (Phi) is 8.50. The molecule has 2 aromatic carbocycles. The Balaban J connectivity index is 1.29. The van der Waals surface area contributed by atoms with Crippen LogP contribution in [0.3, 0.4) is 0 Å². The minimum atomic E-state index is -3.18. The van der Waals surface area contributed by atoms with E-state index >= 15 is 0 Å². The first kappa shape index (κ1) is 27.4. The Labute approximate surface area is 223 Å². The zero-order chi connectivity index (χ0) is 27.3. The number of nitrogens with zero attached hydrogens (tertiary/aromatic N) is 1. The largest absolute Gasteiger partial charge is 0.384 e. The van der Waals surface area contributed by atoms with Gasteiger partial charge in [-0.05, 0) is 24.5 Å². The summed E-state index contributed by atoms with van der Waals surface area (Å²) in [6.45, 7) is 0.469. The number of nitrogens with two attached hydrogens (primary N) is 1. The van der Waals surface area contributed by atoms with Gasteiger partial charge >= 0.3 is 0 Å². The molecule has 8 nitrogen and oxygen atoms in total. The van der Waals surface area contributed by atoms with Crippen molar-refractivity contribution in [2.24, 2.45) is 5.73 Å². The minimum absolute atomic E-state index is 0.0397. The van der Waals surface area contributed by atoms with Gasteiger partial charge in [0, 0.05) is 33.5 Å². The molecule has 0 aliphatic carbocycles. The normalized spacial score (nSPS) is 16.3. The first-order valence-corrected chi connectivity index (χ1v) is 13.0. The van der Waals surface area contributed by atoms with E-state index in [4.69, 9.17) is 11.1 Å². The molecule has 0 bridgehead atoms. The highest BCUT2D eigenvalue weighted by atomic mass is 32.1. The Bertz CT molecular complexity index is 1280. The number of nitrogen functional groups attached to an aromatic ring is 1. The number of thiophene rings is 1. The number of amidine groups is 1. The number of nitrogens with one attached hydrogen (secondary N) is 3. The van der Waals surface area contributed by atoms with Gasteiger partial charge < -0.3 is 21.1 Å². The quantitative estimate of drug-likeness (QED) is 0.153. The molecule has 1 aromatic heterocycles. The molecule has 4 rings (SSSR count). The molecule has 0 spiro atoms. The number of halogens is 2. The maximum Gasteiger partial charge on any atom is 0.298 e. The zero-order valence-electron chi connectivity index (χ0n) is 20.5. The fourth-order valence-electron chi connectivity index (χ4n) is 4.34. The molecule has 6 N–H and O–H groups in total. The summed E-state index contributed by atoms with van der Waals surface area (Å²) in [7, 11) is 0. The van der Waals surface area contributed by atoms with E-state index in [1.807, 2.05) is 0 Å². The van der Waals surface area contributed by atoms with Gasteiger partial charge in [-0.15, -0.1) is 11.3 Å². The second-order valence-corrected chi connectivity index (χ2v) is 10.0. The second-order valence-electron chi connectivity index (χ2n) is 9.02. The third kappa shape index (κ3) is 6.24. The van der Waals surface area contributed by atoms with E-state index in [9.17, 15) is 23.5 Å². The molecule has 38 heavy (non-hydrogen) atoms. The van der Waals surface area contributed by atoms with E-state index in [-0.39, 0.29) is 41.9 Å². The van der Waals surface area contributed by atoms with Crippen molar-refractivity contribution in [1.29, 1.82) is 5.41 Å². The lowest BCUT2D eigenvalue weighted by Crippen LogP contribution is -2.48. The van der Waals surface area contributed by atoms with Crippen LogP contribution in [-0.4, -0.2) is 46.8 Å². The summed E-state index contributed by atoms with van der Waals surface area (Å²) in [6, 6.07) is 13.9. The van der Waals surface area contributed by atoms with E-state index in [0.717, 1.165) is 4.88 Å². The van der Waals surface area contributed by atoms with Crippen molar-refractivity contribution < 1.29 is 23.5 Å². The van der Waals surface area contributed by atoms with Gasteiger partial charge in [0.05, 0.1) is 13.1 Å². The van der Waals surface area contributed by atoms with Crippen LogP contribution in [0.2, 0.25) is 0 Å². The van der Waals surface area contributed by atoms with Crippen molar-refractivity contribution >= 4 is 29.0 Å². The summed E-state index contributed by atoms with van der Waals surface area (Å²) in [4.78, 5) is 27.9. The monoisotopic (exact) mass is 541 g/mol. The Hall–Kier alpha value is -3.67. The number of amides is 2. The van der Waals surface area contributed by atoms with Gasteiger partial charge in [-0.1, -0.05) is 54.6 Å². The van der Waals surface area contributed by atoms with Crippen LogP contribution in [0, 0.1) is 5.41 Å². The predicted molar refractivity (Wildman–Crippen MR) is 141 cm³/mol. The van der Waals surface area contributed by atoms with Gasteiger partial charge in [-0.2, -0.15) is 8.78 Å². The van der Waals surface area contributed by atoms with Crippen LogP contribution in [0.15, 0.2) is 66.0 Å². The first-order chi connectivity index (χ1) is 18.2. The Morgan fingerprint density at radius 3 is 2.50 bits per heavy atom. The van der Waals surface area contributed by atoms with Crippen LogP contribution in [0.4, 0.5) is 8.78 Å². The van der Waals surface area contributed by atoms with E-state index in [1.54, 1.807) is 29.6 Å². The molecule has 11 heteroatoms. The molecule has 2 heterocycles. The number of carbonyl (C=O) groups excluding carboxylic acids is 2. The van der Waals surface area contributed by atoms with Crippen molar-refractivity contribution in [3.8, 4) is 0 Å². The van der Waals surface area contributed by atoms with Crippen molar-refractivity contribution in [3.63, 3.8) is 0 Å². The summed E-state index contributed by atoms with van der Waals surface area (Å²) in [6.07, 6.45) is -0.0420. The fourth-order valence-corrected chi connectivity index (χ4v) is 5.16. The van der Waals surface area contributed by atoms with Crippen molar-refractivity contribution in [2.45, 2.75) is 37.6 Å². The number of benzene rings is 2. The zero-order valence-corrected chi connectivity index (χ0v) is 21.3. The highest BCUT2D eigenvalue weighted by Gasteiger charge is 2.35. The molecule has 1 aliphatic rings. The molecule has 1 fully saturated rings. The molecule has 200 valence electrons. The minimum Gasteiger partial charge on any atom is -0.384 e. The van der Waals surface area contributed by atoms with E-state index in [1.165, 1.54) is 52.6 Å². The number of aliphatic hydroxyl groups is 1. The summed E-state index contributed by atoms with van der Waals surface area (Å²) in [5.41, 5.74) is 6.07. The van der Waals surface area contributed by atoms with E-state index in [2.05, 4.69) is 10.6 Å². The summed E-state index contributed by atoms with van der Waals surface area (Å²) >= 11 is 1.38. The average molecular weight is 542 g/mol. The van der Waals surface area contributed by atoms with Gasteiger partial charge in [-0.3, -0.25) is 20.3 Å². The van der Waals surface area contributed by atoms with Crippen molar-refractivity contribution in [3.05, 3.63) is 93.2 Å².